The second-order valence-corrected chi connectivity index (χ2v) is 7.77. The fraction of sp³-hybridized carbons (Fsp3) is 0.368. The molecule has 3 aromatic rings. The Labute approximate surface area is 161 Å². The summed E-state index contributed by atoms with van der Waals surface area (Å²) in [6, 6.07) is 5.37. The van der Waals surface area contributed by atoms with Gasteiger partial charge in [-0.15, -0.1) is 11.3 Å². The van der Waals surface area contributed by atoms with Crippen molar-refractivity contribution in [1.82, 2.24) is 30.2 Å². The van der Waals surface area contributed by atoms with E-state index in [4.69, 9.17) is 0 Å². The van der Waals surface area contributed by atoms with Crippen molar-refractivity contribution in [3.63, 3.8) is 0 Å². The van der Waals surface area contributed by atoms with Crippen LogP contribution in [0.15, 0.2) is 30.7 Å². The highest BCUT2D eigenvalue weighted by Crippen LogP contribution is 2.32. The minimum atomic E-state index is -0.282. The van der Waals surface area contributed by atoms with Gasteiger partial charge in [-0.2, -0.15) is 0 Å². The molecule has 0 radical (unpaired) electrons. The quantitative estimate of drug-likeness (QED) is 0.726. The third kappa shape index (κ3) is 3.44. The van der Waals surface area contributed by atoms with E-state index in [1.165, 1.54) is 0 Å². The fourth-order valence-corrected chi connectivity index (χ4v) is 4.48. The lowest BCUT2D eigenvalue weighted by atomic mass is 10.00. The number of pyridine rings is 1. The molecular weight excluding hydrogens is 360 g/mol. The predicted octanol–water partition coefficient (Wildman–Crippen LogP) is 2.99. The molecule has 0 fully saturated rings. The summed E-state index contributed by atoms with van der Waals surface area (Å²) in [6.07, 6.45) is 5.06. The van der Waals surface area contributed by atoms with E-state index in [1.807, 2.05) is 30.0 Å². The molecule has 0 aromatic carbocycles. The van der Waals surface area contributed by atoms with Gasteiger partial charge in [-0.25, -0.2) is 14.8 Å². The van der Waals surface area contributed by atoms with E-state index in [-0.39, 0.29) is 12.1 Å². The highest BCUT2D eigenvalue weighted by molar-refractivity contribution is 7.11. The van der Waals surface area contributed by atoms with Crippen molar-refractivity contribution < 1.29 is 4.79 Å². The molecule has 140 valence electrons. The molecule has 2 N–H and O–H groups in total. The number of rotatable bonds is 4. The second kappa shape index (κ2) is 7.48. The Kier molecular flexibility index (Phi) is 4.89. The zero-order chi connectivity index (χ0) is 18.8. The molecule has 1 aliphatic heterocycles. The van der Waals surface area contributed by atoms with Crippen molar-refractivity contribution in [3.8, 4) is 0 Å². The summed E-state index contributed by atoms with van der Waals surface area (Å²) in [6.45, 7) is 5.19. The number of aryl methyl sites for hydroxylation is 2. The Morgan fingerprint density at radius 3 is 3.07 bits per heavy atom. The molecule has 7 nitrogen and oxygen atoms in total. The highest BCUT2D eigenvalue weighted by Gasteiger charge is 2.34. The van der Waals surface area contributed by atoms with Crippen LogP contribution in [0.5, 0.6) is 0 Å². The largest absolute Gasteiger partial charge is 0.348 e. The van der Waals surface area contributed by atoms with E-state index >= 15 is 0 Å². The molecule has 4 heterocycles. The number of carbonyl (C=O) groups excluding carboxylic acids is 1. The van der Waals surface area contributed by atoms with Crippen LogP contribution in [-0.2, 0) is 19.4 Å². The molecule has 0 bridgehead atoms. The molecule has 0 saturated carbocycles. The first-order chi connectivity index (χ1) is 13.2. The molecule has 0 aliphatic carbocycles. The zero-order valence-electron chi connectivity index (χ0n) is 15.4. The average Bonchev–Trinajstić information content (AvgIpc) is 3.31. The highest BCUT2D eigenvalue weighted by atomic mass is 32.1. The van der Waals surface area contributed by atoms with Crippen LogP contribution in [0.2, 0.25) is 0 Å². The lowest BCUT2D eigenvalue weighted by Crippen LogP contribution is -2.46. The lowest BCUT2D eigenvalue weighted by Gasteiger charge is -2.34. The number of imidazole rings is 1. The molecule has 1 aliphatic rings. The van der Waals surface area contributed by atoms with Gasteiger partial charge in [0.05, 0.1) is 35.0 Å². The van der Waals surface area contributed by atoms with Gasteiger partial charge < -0.3 is 15.2 Å². The molecule has 1 atom stereocenters. The monoisotopic (exact) mass is 382 g/mol. The number of thiazole rings is 1. The Balaban J connectivity index is 1.57. The maximum absolute atomic E-state index is 13.0. The van der Waals surface area contributed by atoms with Gasteiger partial charge in [0.25, 0.3) is 0 Å². The maximum Gasteiger partial charge on any atom is 0.318 e. The standard InChI is InChI=1S/C19H22N6OS/c1-3-13-16(27-12(2)24-13)10-21-19(26)25-9-7-14-17(23-11-22-14)18(25)15-6-4-5-8-20-15/h4-6,8,11,18H,3,7,9-10H2,1-2H3,(H,21,26)(H,22,23)/t18-/m1/s1. The summed E-state index contributed by atoms with van der Waals surface area (Å²) >= 11 is 1.64. The minimum absolute atomic E-state index is 0.104. The number of urea groups is 1. The summed E-state index contributed by atoms with van der Waals surface area (Å²) in [5, 5.41) is 4.10. The molecule has 0 spiro atoms. The first-order valence-electron chi connectivity index (χ1n) is 9.10. The van der Waals surface area contributed by atoms with Crippen molar-refractivity contribution in [3.05, 3.63) is 63.4 Å². The predicted molar refractivity (Wildman–Crippen MR) is 104 cm³/mol. The second-order valence-electron chi connectivity index (χ2n) is 6.48. The number of nitrogens with zero attached hydrogens (tertiary/aromatic N) is 4. The molecule has 4 rings (SSSR count). The molecular formula is C19H22N6OS. The van der Waals surface area contributed by atoms with E-state index in [0.717, 1.165) is 45.5 Å². The molecule has 3 aromatic heterocycles. The van der Waals surface area contributed by atoms with Crippen LogP contribution < -0.4 is 5.32 Å². The van der Waals surface area contributed by atoms with E-state index in [9.17, 15) is 4.79 Å². The Bertz CT molecular complexity index is 935. The fourth-order valence-electron chi connectivity index (χ4n) is 3.52. The van der Waals surface area contributed by atoms with E-state index in [0.29, 0.717) is 13.1 Å². The van der Waals surface area contributed by atoms with Gasteiger partial charge in [0.15, 0.2) is 0 Å². The lowest BCUT2D eigenvalue weighted by molar-refractivity contribution is 0.177. The van der Waals surface area contributed by atoms with Gasteiger partial charge in [0.1, 0.15) is 6.04 Å². The van der Waals surface area contributed by atoms with Crippen LogP contribution in [0.25, 0.3) is 0 Å². The topological polar surface area (TPSA) is 86.8 Å². The van der Waals surface area contributed by atoms with Gasteiger partial charge in [0, 0.05) is 29.7 Å². The normalized spacial score (nSPS) is 16.2. The van der Waals surface area contributed by atoms with Crippen molar-refractivity contribution in [2.75, 3.05) is 6.54 Å². The first-order valence-corrected chi connectivity index (χ1v) is 9.91. The van der Waals surface area contributed by atoms with Gasteiger partial charge >= 0.3 is 6.03 Å². The van der Waals surface area contributed by atoms with Crippen molar-refractivity contribution in [1.29, 1.82) is 0 Å². The number of carbonyl (C=O) groups is 1. The molecule has 8 heteroatoms. The number of amides is 2. The molecule has 27 heavy (non-hydrogen) atoms. The smallest absolute Gasteiger partial charge is 0.318 e. The third-order valence-corrected chi connectivity index (χ3v) is 5.79. The van der Waals surface area contributed by atoms with E-state index in [2.05, 4.69) is 32.2 Å². The van der Waals surface area contributed by atoms with Gasteiger partial charge in [0.2, 0.25) is 0 Å². The minimum Gasteiger partial charge on any atom is -0.348 e. The third-order valence-electron chi connectivity index (χ3n) is 4.77. The van der Waals surface area contributed by atoms with Crippen LogP contribution in [-0.4, -0.2) is 37.4 Å². The van der Waals surface area contributed by atoms with Crippen LogP contribution in [0, 0.1) is 6.92 Å². The van der Waals surface area contributed by atoms with E-state index < -0.39 is 0 Å². The van der Waals surface area contributed by atoms with Crippen molar-refractivity contribution in [2.24, 2.45) is 0 Å². The summed E-state index contributed by atoms with van der Waals surface area (Å²) in [5.41, 5.74) is 3.83. The number of fused-ring (bicyclic) bond motifs is 1. The summed E-state index contributed by atoms with van der Waals surface area (Å²) < 4.78 is 0. The summed E-state index contributed by atoms with van der Waals surface area (Å²) in [5.74, 6) is 0. The van der Waals surface area contributed by atoms with E-state index in [1.54, 1.807) is 23.9 Å². The van der Waals surface area contributed by atoms with Crippen LogP contribution in [0.3, 0.4) is 0 Å². The number of aromatic nitrogens is 4. The van der Waals surface area contributed by atoms with Crippen molar-refractivity contribution in [2.45, 2.75) is 39.3 Å². The molecule has 0 unspecified atom stereocenters. The van der Waals surface area contributed by atoms with Crippen LogP contribution >= 0.6 is 11.3 Å². The van der Waals surface area contributed by atoms with Crippen molar-refractivity contribution >= 4 is 17.4 Å². The van der Waals surface area contributed by atoms with Gasteiger partial charge in [-0.05, 0) is 25.5 Å². The summed E-state index contributed by atoms with van der Waals surface area (Å²) in [4.78, 5) is 32.6. The summed E-state index contributed by atoms with van der Waals surface area (Å²) in [7, 11) is 0. The number of hydrogen-bond donors (Lipinski definition) is 2. The number of hydrogen-bond acceptors (Lipinski definition) is 5. The Morgan fingerprint density at radius 2 is 2.30 bits per heavy atom. The van der Waals surface area contributed by atoms with Gasteiger partial charge in [-0.1, -0.05) is 13.0 Å². The zero-order valence-corrected chi connectivity index (χ0v) is 16.2. The number of aromatic amines is 1. The number of nitrogens with one attached hydrogen (secondary N) is 2. The van der Waals surface area contributed by atoms with Crippen LogP contribution in [0.1, 0.15) is 45.6 Å². The number of H-pyrrole nitrogens is 1. The Hall–Kier alpha value is -2.74. The molecule has 0 saturated heterocycles. The Morgan fingerprint density at radius 1 is 1.41 bits per heavy atom. The SMILES string of the molecule is CCc1nc(C)sc1CNC(=O)N1CCc2[nH]cnc2[C@H]1c1ccccn1. The van der Waals surface area contributed by atoms with Gasteiger partial charge in [-0.3, -0.25) is 4.98 Å². The van der Waals surface area contributed by atoms with Crippen LogP contribution in [0.4, 0.5) is 4.79 Å². The first kappa shape index (κ1) is 17.7. The average molecular weight is 382 g/mol. The maximum atomic E-state index is 13.0. The molecule has 2 amide bonds.